The number of fused-ring (bicyclic) bond motifs is 1. The quantitative estimate of drug-likeness (QED) is 0.627. The number of amides is 2. The second kappa shape index (κ2) is 9.03. The molecule has 4 rings (SSSR count). The van der Waals surface area contributed by atoms with Gasteiger partial charge in [-0.25, -0.2) is 4.79 Å². The maximum atomic E-state index is 12.8. The van der Waals surface area contributed by atoms with Crippen LogP contribution in [0.3, 0.4) is 0 Å². The topological polar surface area (TPSA) is 86.7 Å². The van der Waals surface area contributed by atoms with Crippen LogP contribution in [0.15, 0.2) is 76.7 Å². The molecular weight excluding hydrogens is 432 g/mol. The molecule has 2 N–H and O–H groups in total. The number of carbonyl (C=O) groups excluding carboxylic acids is 2. The number of carbonyl (C=O) groups is 3. The Labute approximate surface area is 188 Å². The SMILES string of the molecule is C=Cc1ccccc1SC1=C(C(=O)O)N2C(=O)[C@@H](NC(=O)Cc3ccccc3)[C@H]2SC1. The molecular formula is C23H20N2O4S2. The van der Waals surface area contributed by atoms with E-state index in [1.807, 2.05) is 54.6 Å². The molecule has 0 spiro atoms. The first-order chi connectivity index (χ1) is 15.0. The molecule has 158 valence electrons. The first kappa shape index (κ1) is 21.3. The Morgan fingerprint density at radius 3 is 2.61 bits per heavy atom. The molecule has 2 aliphatic rings. The Morgan fingerprint density at radius 1 is 1.19 bits per heavy atom. The molecule has 0 bridgehead atoms. The minimum Gasteiger partial charge on any atom is -0.477 e. The molecule has 2 heterocycles. The fraction of sp³-hybridized carbons (Fsp3) is 0.174. The van der Waals surface area contributed by atoms with Crippen LogP contribution in [-0.2, 0) is 20.8 Å². The van der Waals surface area contributed by atoms with E-state index in [-0.39, 0.29) is 18.0 Å². The Bertz CT molecular complexity index is 1080. The summed E-state index contributed by atoms with van der Waals surface area (Å²) in [6.07, 6.45) is 1.89. The third-order valence-electron chi connectivity index (χ3n) is 5.03. The lowest BCUT2D eigenvalue weighted by atomic mass is 10.0. The van der Waals surface area contributed by atoms with Crippen molar-refractivity contribution >= 4 is 47.4 Å². The Kier molecular flexibility index (Phi) is 6.20. The summed E-state index contributed by atoms with van der Waals surface area (Å²) >= 11 is 2.79. The lowest BCUT2D eigenvalue weighted by molar-refractivity contribution is -0.150. The van der Waals surface area contributed by atoms with Gasteiger partial charge in [-0.3, -0.25) is 14.5 Å². The van der Waals surface area contributed by atoms with E-state index in [0.29, 0.717) is 10.7 Å². The van der Waals surface area contributed by atoms with E-state index in [0.717, 1.165) is 16.0 Å². The smallest absolute Gasteiger partial charge is 0.353 e. The van der Waals surface area contributed by atoms with E-state index in [2.05, 4.69) is 11.9 Å². The molecule has 6 nitrogen and oxygen atoms in total. The summed E-state index contributed by atoms with van der Waals surface area (Å²) in [7, 11) is 0. The van der Waals surface area contributed by atoms with Crippen LogP contribution in [0, 0.1) is 0 Å². The molecule has 2 atom stereocenters. The molecule has 1 fully saturated rings. The van der Waals surface area contributed by atoms with Gasteiger partial charge in [0.1, 0.15) is 17.1 Å². The second-order valence-corrected chi connectivity index (χ2v) is 9.28. The Morgan fingerprint density at radius 2 is 1.90 bits per heavy atom. The number of nitrogens with one attached hydrogen (secondary N) is 1. The molecule has 2 aromatic rings. The first-order valence-corrected chi connectivity index (χ1v) is 11.5. The fourth-order valence-electron chi connectivity index (χ4n) is 3.55. The predicted molar refractivity (Wildman–Crippen MR) is 122 cm³/mol. The lowest BCUT2D eigenvalue weighted by Crippen LogP contribution is -2.70. The first-order valence-electron chi connectivity index (χ1n) is 9.63. The zero-order chi connectivity index (χ0) is 22.0. The van der Waals surface area contributed by atoms with Crippen LogP contribution >= 0.6 is 23.5 Å². The summed E-state index contributed by atoms with van der Waals surface area (Å²) in [5.74, 6) is -1.36. The molecule has 8 heteroatoms. The van der Waals surface area contributed by atoms with Crippen LogP contribution in [-0.4, -0.2) is 45.0 Å². The van der Waals surface area contributed by atoms with Crippen molar-refractivity contribution in [3.05, 3.63) is 82.9 Å². The summed E-state index contributed by atoms with van der Waals surface area (Å²) in [6.45, 7) is 3.80. The second-order valence-electron chi connectivity index (χ2n) is 7.04. The molecule has 2 aromatic carbocycles. The monoisotopic (exact) mass is 452 g/mol. The number of nitrogens with zero attached hydrogens (tertiary/aromatic N) is 1. The summed E-state index contributed by atoms with van der Waals surface area (Å²) < 4.78 is 0. The molecule has 0 aliphatic carbocycles. The highest BCUT2D eigenvalue weighted by Crippen LogP contribution is 2.45. The van der Waals surface area contributed by atoms with E-state index < -0.39 is 23.3 Å². The van der Waals surface area contributed by atoms with Crippen molar-refractivity contribution in [1.29, 1.82) is 0 Å². The van der Waals surface area contributed by atoms with Crippen LogP contribution in [0.2, 0.25) is 0 Å². The lowest BCUT2D eigenvalue weighted by Gasteiger charge is -2.49. The fourth-order valence-corrected chi connectivity index (χ4v) is 6.15. The van der Waals surface area contributed by atoms with Gasteiger partial charge in [-0.1, -0.05) is 72.9 Å². The van der Waals surface area contributed by atoms with Gasteiger partial charge in [0.2, 0.25) is 5.91 Å². The summed E-state index contributed by atoms with van der Waals surface area (Å²) in [4.78, 5) is 40.0. The van der Waals surface area contributed by atoms with Gasteiger partial charge in [-0.15, -0.1) is 11.8 Å². The van der Waals surface area contributed by atoms with E-state index in [4.69, 9.17) is 0 Å². The number of hydrogen-bond acceptors (Lipinski definition) is 5. The van der Waals surface area contributed by atoms with Crippen molar-refractivity contribution in [2.24, 2.45) is 0 Å². The third kappa shape index (κ3) is 4.26. The number of thioether (sulfide) groups is 2. The van der Waals surface area contributed by atoms with Gasteiger partial charge in [-0.2, -0.15) is 0 Å². The van der Waals surface area contributed by atoms with Gasteiger partial charge in [0.25, 0.3) is 5.91 Å². The number of β-lactam (4-membered cyclic amide) rings is 1. The summed E-state index contributed by atoms with van der Waals surface area (Å²) in [6, 6.07) is 16.1. The van der Waals surface area contributed by atoms with Gasteiger partial charge >= 0.3 is 5.97 Å². The average Bonchev–Trinajstić information content (AvgIpc) is 2.78. The van der Waals surface area contributed by atoms with Crippen molar-refractivity contribution in [3.8, 4) is 0 Å². The Hall–Kier alpha value is -2.97. The van der Waals surface area contributed by atoms with Gasteiger partial charge in [-0.05, 0) is 17.2 Å². The zero-order valence-electron chi connectivity index (χ0n) is 16.5. The zero-order valence-corrected chi connectivity index (χ0v) is 18.1. The molecule has 0 aromatic heterocycles. The number of rotatable bonds is 7. The van der Waals surface area contributed by atoms with Crippen LogP contribution in [0.1, 0.15) is 11.1 Å². The average molecular weight is 453 g/mol. The molecule has 0 saturated carbocycles. The maximum Gasteiger partial charge on any atom is 0.353 e. The van der Waals surface area contributed by atoms with Gasteiger partial charge in [0.05, 0.1) is 6.42 Å². The Balaban J connectivity index is 1.51. The largest absolute Gasteiger partial charge is 0.477 e. The highest BCUT2D eigenvalue weighted by atomic mass is 32.2. The van der Waals surface area contributed by atoms with E-state index in [1.165, 1.54) is 28.4 Å². The summed E-state index contributed by atoms with van der Waals surface area (Å²) in [5.41, 5.74) is 1.75. The van der Waals surface area contributed by atoms with Crippen LogP contribution in [0.25, 0.3) is 6.08 Å². The van der Waals surface area contributed by atoms with Gasteiger partial charge in [0, 0.05) is 15.6 Å². The minimum atomic E-state index is -1.15. The third-order valence-corrected chi connectivity index (χ3v) is 7.67. The highest BCUT2D eigenvalue weighted by molar-refractivity contribution is 8.06. The van der Waals surface area contributed by atoms with Crippen molar-refractivity contribution in [2.75, 3.05) is 5.75 Å². The number of carboxylic acids is 1. The van der Waals surface area contributed by atoms with Gasteiger partial charge in [0.15, 0.2) is 0 Å². The molecule has 2 aliphatic heterocycles. The van der Waals surface area contributed by atoms with Crippen LogP contribution < -0.4 is 5.32 Å². The van der Waals surface area contributed by atoms with E-state index >= 15 is 0 Å². The van der Waals surface area contributed by atoms with Crippen LogP contribution in [0.5, 0.6) is 0 Å². The molecule has 2 amide bonds. The van der Waals surface area contributed by atoms with Crippen molar-refractivity contribution in [2.45, 2.75) is 22.7 Å². The molecule has 1 saturated heterocycles. The molecule has 0 radical (unpaired) electrons. The summed E-state index contributed by atoms with van der Waals surface area (Å²) in [5, 5.41) is 12.2. The number of aliphatic carboxylic acids is 1. The highest BCUT2D eigenvalue weighted by Gasteiger charge is 2.54. The van der Waals surface area contributed by atoms with Crippen molar-refractivity contribution < 1.29 is 19.5 Å². The standard InChI is InChI=1S/C23H20N2O4S2/c1-2-15-10-6-7-11-16(15)31-17-13-30-22-19(21(27)25(22)20(17)23(28)29)24-18(26)12-14-8-4-3-5-9-14/h2-11,19,22H,1,12-13H2,(H,24,26)(H,28,29)/t19-,22-/m1/s1. The normalized spacial score (nSPS) is 20.0. The number of benzene rings is 2. The van der Waals surface area contributed by atoms with Crippen molar-refractivity contribution in [3.63, 3.8) is 0 Å². The molecule has 31 heavy (non-hydrogen) atoms. The molecule has 0 unspecified atom stereocenters. The van der Waals surface area contributed by atoms with E-state index in [9.17, 15) is 19.5 Å². The maximum absolute atomic E-state index is 12.8. The van der Waals surface area contributed by atoms with E-state index in [1.54, 1.807) is 6.08 Å². The van der Waals surface area contributed by atoms with Crippen LogP contribution in [0.4, 0.5) is 0 Å². The predicted octanol–water partition coefficient (Wildman–Crippen LogP) is 3.36. The number of hydrogen-bond donors (Lipinski definition) is 2. The van der Waals surface area contributed by atoms with Gasteiger partial charge < -0.3 is 10.4 Å². The minimum absolute atomic E-state index is 0.00817. The number of carboxylic acid groups (broad SMARTS) is 1. The van der Waals surface area contributed by atoms with Crippen molar-refractivity contribution in [1.82, 2.24) is 10.2 Å².